The molecule has 1 aliphatic rings. The Balaban J connectivity index is 2.44. The van der Waals surface area contributed by atoms with Gasteiger partial charge in [0.2, 0.25) is 0 Å². The van der Waals surface area contributed by atoms with Crippen LogP contribution in [0.25, 0.3) is 0 Å². The molecule has 0 aromatic rings. The summed E-state index contributed by atoms with van der Waals surface area (Å²) in [5.41, 5.74) is 5.89. The number of nitrogens with two attached hydrogens (primary N) is 1. The van der Waals surface area contributed by atoms with Crippen molar-refractivity contribution in [2.24, 2.45) is 5.73 Å². The smallest absolute Gasteiger partial charge is 0.0440 e. The fraction of sp³-hybridized carbons (Fsp3) is 0.750. The van der Waals surface area contributed by atoms with Gasteiger partial charge in [0.1, 0.15) is 0 Å². The maximum Gasteiger partial charge on any atom is 0.0440 e. The zero-order valence-electron chi connectivity index (χ0n) is 6.09. The molecule has 0 saturated carbocycles. The molecule has 0 saturated heterocycles. The highest BCUT2D eigenvalue weighted by molar-refractivity contribution is 14.1. The molecule has 2 N–H and O–H groups in total. The number of hydrogen-bond acceptors (Lipinski definition) is 1. The van der Waals surface area contributed by atoms with Crippen molar-refractivity contribution in [3.05, 3.63) is 12.2 Å². The van der Waals surface area contributed by atoms with Gasteiger partial charge in [-0.25, -0.2) is 0 Å². The van der Waals surface area contributed by atoms with E-state index >= 15 is 0 Å². The lowest BCUT2D eigenvalue weighted by Gasteiger charge is -2.16. The van der Waals surface area contributed by atoms with Gasteiger partial charge >= 0.3 is 0 Å². The molecule has 1 aliphatic carbocycles. The average Bonchev–Trinajstić information content (AvgIpc) is 1.92. The van der Waals surface area contributed by atoms with Crippen molar-refractivity contribution in [2.45, 2.75) is 35.6 Å². The molecule has 1 rings (SSSR count). The zero-order valence-corrected chi connectivity index (χ0v) is 8.25. The molecule has 0 amide bonds. The number of halogens is 1. The van der Waals surface area contributed by atoms with Crippen molar-refractivity contribution >= 4 is 22.6 Å². The first-order valence-corrected chi connectivity index (χ1v) is 5.11. The minimum absolute atomic E-state index is 0.386. The summed E-state index contributed by atoms with van der Waals surface area (Å²) in [7, 11) is 0. The maximum absolute atomic E-state index is 5.89. The van der Waals surface area contributed by atoms with E-state index in [2.05, 4.69) is 34.7 Å². The average molecular weight is 251 g/mol. The third-order valence-electron chi connectivity index (χ3n) is 1.89. The molecule has 2 atom stereocenters. The lowest BCUT2D eigenvalue weighted by atomic mass is 10.0. The minimum atomic E-state index is 0.386. The summed E-state index contributed by atoms with van der Waals surface area (Å²) in [5, 5.41) is 0. The maximum atomic E-state index is 5.89. The SMILES string of the molecule is N[C@@H]1CCCC/C=C/C1I. The van der Waals surface area contributed by atoms with Crippen molar-refractivity contribution in [3.63, 3.8) is 0 Å². The largest absolute Gasteiger partial charge is 0.326 e. The standard InChI is InChI=1S/C8H14IN/c9-7-5-3-1-2-4-6-8(7)10/h3,5,7-8H,1-2,4,6,10H2/b5-3+/t7?,8-/m1/s1. The molecule has 0 aromatic heterocycles. The Labute approximate surface area is 76.2 Å². The Morgan fingerprint density at radius 2 is 2.20 bits per heavy atom. The summed E-state index contributed by atoms with van der Waals surface area (Å²) >= 11 is 2.41. The topological polar surface area (TPSA) is 26.0 Å². The molecule has 0 bridgehead atoms. The van der Waals surface area contributed by atoms with Crippen LogP contribution in [0.15, 0.2) is 12.2 Å². The Hall–Kier alpha value is 0.430. The van der Waals surface area contributed by atoms with E-state index in [9.17, 15) is 0 Å². The van der Waals surface area contributed by atoms with E-state index in [1.54, 1.807) is 0 Å². The predicted octanol–water partition coefficient (Wildman–Crippen LogP) is 2.25. The first-order chi connectivity index (χ1) is 4.80. The van der Waals surface area contributed by atoms with Gasteiger partial charge in [-0.1, -0.05) is 41.2 Å². The van der Waals surface area contributed by atoms with Crippen LogP contribution >= 0.6 is 22.6 Å². The summed E-state index contributed by atoms with van der Waals surface area (Å²) in [5.74, 6) is 0. The fourth-order valence-electron chi connectivity index (χ4n) is 1.17. The summed E-state index contributed by atoms with van der Waals surface area (Å²) < 4.78 is 0.554. The molecule has 0 heterocycles. The van der Waals surface area contributed by atoms with Gasteiger partial charge in [0.05, 0.1) is 0 Å². The molecule has 58 valence electrons. The molecule has 0 spiro atoms. The first kappa shape index (κ1) is 8.53. The fourth-order valence-corrected chi connectivity index (χ4v) is 1.82. The van der Waals surface area contributed by atoms with Crippen LogP contribution in [0.3, 0.4) is 0 Å². The lowest BCUT2D eigenvalue weighted by Crippen LogP contribution is -2.29. The van der Waals surface area contributed by atoms with Gasteiger partial charge in [-0.15, -0.1) is 0 Å². The van der Waals surface area contributed by atoms with Crippen molar-refractivity contribution in [3.8, 4) is 0 Å². The van der Waals surface area contributed by atoms with Crippen LogP contribution in [0, 0.1) is 0 Å². The number of alkyl halides is 1. The molecule has 1 nitrogen and oxygen atoms in total. The summed E-state index contributed by atoms with van der Waals surface area (Å²) in [6.07, 6.45) is 9.54. The van der Waals surface area contributed by atoms with Crippen LogP contribution < -0.4 is 5.73 Å². The lowest BCUT2D eigenvalue weighted by molar-refractivity contribution is 0.575. The highest BCUT2D eigenvalue weighted by Gasteiger charge is 2.11. The molecule has 10 heavy (non-hydrogen) atoms. The van der Waals surface area contributed by atoms with Crippen LogP contribution in [-0.4, -0.2) is 9.97 Å². The third-order valence-corrected chi connectivity index (χ3v) is 3.23. The summed E-state index contributed by atoms with van der Waals surface area (Å²) in [6.45, 7) is 0. The summed E-state index contributed by atoms with van der Waals surface area (Å²) in [4.78, 5) is 0. The van der Waals surface area contributed by atoms with Gasteiger partial charge < -0.3 is 5.73 Å². The number of allylic oxidation sites excluding steroid dienone is 1. The summed E-state index contributed by atoms with van der Waals surface area (Å²) in [6, 6.07) is 0.386. The first-order valence-electron chi connectivity index (χ1n) is 3.87. The predicted molar refractivity (Wildman–Crippen MR) is 53.4 cm³/mol. The molecular formula is C8H14IN. The number of hydrogen-bond donors (Lipinski definition) is 1. The second-order valence-electron chi connectivity index (χ2n) is 2.82. The van der Waals surface area contributed by atoms with Crippen LogP contribution in [0.1, 0.15) is 25.7 Å². The minimum Gasteiger partial charge on any atom is -0.326 e. The Morgan fingerprint density at radius 1 is 1.40 bits per heavy atom. The van der Waals surface area contributed by atoms with Crippen LogP contribution in [0.2, 0.25) is 0 Å². The van der Waals surface area contributed by atoms with Gasteiger partial charge in [-0.3, -0.25) is 0 Å². The van der Waals surface area contributed by atoms with E-state index < -0.39 is 0 Å². The Bertz CT molecular complexity index is 122. The highest BCUT2D eigenvalue weighted by atomic mass is 127. The van der Waals surface area contributed by atoms with Gasteiger partial charge in [-0.05, 0) is 19.3 Å². The van der Waals surface area contributed by atoms with E-state index in [4.69, 9.17) is 5.73 Å². The Morgan fingerprint density at radius 3 is 3.00 bits per heavy atom. The monoisotopic (exact) mass is 251 g/mol. The van der Waals surface area contributed by atoms with E-state index in [-0.39, 0.29) is 0 Å². The van der Waals surface area contributed by atoms with E-state index in [0.717, 1.165) is 0 Å². The van der Waals surface area contributed by atoms with Crippen molar-refractivity contribution in [1.29, 1.82) is 0 Å². The van der Waals surface area contributed by atoms with Crippen molar-refractivity contribution in [2.75, 3.05) is 0 Å². The second kappa shape index (κ2) is 4.34. The molecule has 0 fully saturated rings. The molecule has 0 aromatic carbocycles. The zero-order chi connectivity index (χ0) is 7.40. The normalized spacial score (nSPS) is 38.2. The molecule has 0 radical (unpaired) electrons. The van der Waals surface area contributed by atoms with Crippen LogP contribution in [0.5, 0.6) is 0 Å². The Kier molecular flexibility index (Phi) is 3.70. The van der Waals surface area contributed by atoms with Crippen LogP contribution in [0.4, 0.5) is 0 Å². The van der Waals surface area contributed by atoms with E-state index in [1.807, 2.05) is 0 Å². The molecule has 2 heteroatoms. The van der Waals surface area contributed by atoms with Gasteiger partial charge in [-0.2, -0.15) is 0 Å². The number of rotatable bonds is 0. The van der Waals surface area contributed by atoms with Crippen molar-refractivity contribution in [1.82, 2.24) is 0 Å². The quantitative estimate of drug-likeness (QED) is 0.399. The van der Waals surface area contributed by atoms with E-state index in [0.29, 0.717) is 9.97 Å². The third kappa shape index (κ3) is 2.58. The van der Waals surface area contributed by atoms with Gasteiger partial charge in [0.25, 0.3) is 0 Å². The van der Waals surface area contributed by atoms with Crippen molar-refractivity contribution < 1.29 is 0 Å². The second-order valence-corrected chi connectivity index (χ2v) is 4.26. The van der Waals surface area contributed by atoms with Crippen LogP contribution in [-0.2, 0) is 0 Å². The molecular weight excluding hydrogens is 237 g/mol. The van der Waals surface area contributed by atoms with Gasteiger partial charge in [0, 0.05) is 9.97 Å². The van der Waals surface area contributed by atoms with Gasteiger partial charge in [0.15, 0.2) is 0 Å². The highest BCUT2D eigenvalue weighted by Crippen LogP contribution is 2.16. The van der Waals surface area contributed by atoms with E-state index in [1.165, 1.54) is 25.7 Å². The molecule has 1 unspecified atom stereocenters. The molecule has 0 aliphatic heterocycles.